The number of unbranched alkanes of at least 4 members (excludes halogenated alkanes) is 11. The summed E-state index contributed by atoms with van der Waals surface area (Å²) in [6.07, 6.45) is 17.0. The zero-order valence-corrected chi connectivity index (χ0v) is 22.6. The van der Waals surface area contributed by atoms with Gasteiger partial charge in [-0.2, -0.15) is 0 Å². The summed E-state index contributed by atoms with van der Waals surface area (Å²) in [6.45, 7) is 10.8. The van der Waals surface area contributed by atoms with E-state index in [4.69, 9.17) is 9.16 Å². The van der Waals surface area contributed by atoms with Crippen LogP contribution in [-0.2, 0) is 18.8 Å². The van der Waals surface area contributed by atoms with Crippen molar-refractivity contribution < 1.29 is 18.8 Å². The molecule has 0 aromatic carbocycles. The smallest absolute Gasteiger partial charge is 0.311 e. The van der Waals surface area contributed by atoms with E-state index in [9.17, 15) is 9.59 Å². The molecule has 0 heterocycles. The second-order valence-corrected chi connectivity index (χ2v) is 14.5. The Morgan fingerprint density at radius 3 is 1.71 bits per heavy atom. The summed E-state index contributed by atoms with van der Waals surface area (Å²) >= 11 is 0. The summed E-state index contributed by atoms with van der Waals surface area (Å²) in [6, 6.07) is 0. The summed E-state index contributed by atoms with van der Waals surface area (Å²) in [5, 5.41) is 0. The van der Waals surface area contributed by atoms with E-state index in [0.29, 0.717) is 12.8 Å². The lowest BCUT2D eigenvalue weighted by atomic mass is 9.91. The van der Waals surface area contributed by atoms with E-state index in [1.54, 1.807) is 0 Å². The van der Waals surface area contributed by atoms with Crippen molar-refractivity contribution in [3.8, 4) is 0 Å². The van der Waals surface area contributed by atoms with Gasteiger partial charge in [-0.15, -0.1) is 0 Å². The summed E-state index contributed by atoms with van der Waals surface area (Å²) in [5.41, 5.74) is 0. The molecule has 2 atom stereocenters. The second kappa shape index (κ2) is 18.8. The molecular formula is C26H52O4Si. The van der Waals surface area contributed by atoms with E-state index >= 15 is 0 Å². The van der Waals surface area contributed by atoms with E-state index in [1.165, 1.54) is 58.5 Å². The SMILES string of the molecule is CCCCCCCCCCCC(=O)C[C@@H](O[Si](C)(C)C)C(CCCCCC)C(=O)OC. The van der Waals surface area contributed by atoms with Crippen molar-refractivity contribution >= 4 is 20.1 Å². The molecule has 1 unspecified atom stereocenters. The van der Waals surface area contributed by atoms with Crippen LogP contribution in [0.3, 0.4) is 0 Å². The van der Waals surface area contributed by atoms with Crippen molar-refractivity contribution in [1.29, 1.82) is 0 Å². The molecule has 0 N–H and O–H groups in total. The van der Waals surface area contributed by atoms with Gasteiger partial charge in [0.05, 0.1) is 19.1 Å². The van der Waals surface area contributed by atoms with Gasteiger partial charge in [0, 0.05) is 12.8 Å². The van der Waals surface area contributed by atoms with Gasteiger partial charge < -0.3 is 9.16 Å². The molecule has 0 saturated carbocycles. The zero-order valence-electron chi connectivity index (χ0n) is 21.6. The van der Waals surface area contributed by atoms with Crippen LogP contribution in [0.5, 0.6) is 0 Å². The molecule has 0 radical (unpaired) electrons. The lowest BCUT2D eigenvalue weighted by molar-refractivity contribution is -0.149. The molecular weight excluding hydrogens is 404 g/mol. The molecule has 4 nitrogen and oxygen atoms in total. The van der Waals surface area contributed by atoms with Gasteiger partial charge in [-0.05, 0) is 32.5 Å². The molecule has 0 aromatic heterocycles. The van der Waals surface area contributed by atoms with Crippen LogP contribution in [0.25, 0.3) is 0 Å². The molecule has 0 bridgehead atoms. The summed E-state index contributed by atoms with van der Waals surface area (Å²) in [5.74, 6) is -0.329. The highest BCUT2D eigenvalue weighted by Crippen LogP contribution is 2.25. The predicted octanol–water partition coefficient (Wildman–Crippen LogP) is 7.85. The molecule has 0 aliphatic carbocycles. The van der Waals surface area contributed by atoms with Gasteiger partial charge >= 0.3 is 5.97 Å². The van der Waals surface area contributed by atoms with E-state index in [0.717, 1.165) is 38.5 Å². The number of hydrogen-bond acceptors (Lipinski definition) is 4. The maximum Gasteiger partial charge on any atom is 0.311 e. The average Bonchev–Trinajstić information content (AvgIpc) is 2.70. The molecule has 0 amide bonds. The summed E-state index contributed by atoms with van der Waals surface area (Å²) in [4.78, 5) is 25.2. The molecule has 0 aliphatic rings. The van der Waals surface area contributed by atoms with Crippen molar-refractivity contribution in [2.45, 2.75) is 142 Å². The lowest BCUT2D eigenvalue weighted by Crippen LogP contribution is -2.41. The number of methoxy groups -OCH3 is 1. The van der Waals surface area contributed by atoms with E-state index < -0.39 is 8.32 Å². The molecule has 0 saturated heterocycles. The first-order chi connectivity index (χ1) is 14.7. The van der Waals surface area contributed by atoms with Gasteiger partial charge in [0.2, 0.25) is 0 Å². The maximum atomic E-state index is 12.7. The fraction of sp³-hybridized carbons (Fsp3) is 0.923. The second-order valence-electron chi connectivity index (χ2n) is 10.1. The van der Waals surface area contributed by atoms with E-state index in [1.807, 2.05) is 0 Å². The van der Waals surface area contributed by atoms with Crippen molar-refractivity contribution in [2.24, 2.45) is 5.92 Å². The fourth-order valence-electron chi connectivity index (χ4n) is 4.08. The molecule has 31 heavy (non-hydrogen) atoms. The van der Waals surface area contributed by atoms with Gasteiger partial charge in [-0.3, -0.25) is 9.59 Å². The van der Waals surface area contributed by atoms with Crippen LogP contribution in [0.1, 0.15) is 117 Å². The molecule has 0 aliphatic heterocycles. The van der Waals surface area contributed by atoms with E-state index in [2.05, 4.69) is 33.5 Å². The molecule has 0 fully saturated rings. The topological polar surface area (TPSA) is 52.6 Å². The number of esters is 1. The Kier molecular flexibility index (Phi) is 18.4. The quantitative estimate of drug-likeness (QED) is 0.100. The first-order valence-electron chi connectivity index (χ1n) is 13.0. The van der Waals surface area contributed by atoms with Gasteiger partial charge in [0.25, 0.3) is 0 Å². The van der Waals surface area contributed by atoms with Crippen LogP contribution in [0.15, 0.2) is 0 Å². The van der Waals surface area contributed by atoms with E-state index in [-0.39, 0.29) is 23.8 Å². The Balaban J connectivity index is 4.57. The number of Topliss-reactive ketones (excluding diaryl/α,β-unsaturated/α-hetero) is 1. The van der Waals surface area contributed by atoms with Crippen molar-refractivity contribution in [3.05, 3.63) is 0 Å². The first-order valence-corrected chi connectivity index (χ1v) is 16.4. The highest BCUT2D eigenvalue weighted by molar-refractivity contribution is 6.69. The molecule has 0 rings (SSSR count). The first kappa shape index (κ1) is 30.3. The third kappa shape index (κ3) is 17.5. The molecule has 184 valence electrons. The largest absolute Gasteiger partial charge is 0.469 e. The third-order valence-corrected chi connectivity index (χ3v) is 6.82. The minimum absolute atomic E-state index is 0.226. The van der Waals surface area contributed by atoms with Gasteiger partial charge in [-0.1, -0.05) is 90.9 Å². The molecule has 0 aromatic rings. The minimum atomic E-state index is -1.89. The number of ether oxygens (including phenoxy) is 1. The summed E-state index contributed by atoms with van der Waals surface area (Å²) < 4.78 is 11.5. The van der Waals surface area contributed by atoms with Crippen molar-refractivity contribution in [1.82, 2.24) is 0 Å². The number of hydrogen-bond donors (Lipinski definition) is 0. The van der Waals surface area contributed by atoms with Crippen LogP contribution in [0.2, 0.25) is 19.6 Å². The standard InChI is InChI=1S/C26H52O4Si/c1-7-9-11-13-14-15-16-17-18-20-23(27)22-25(30-31(4,5)6)24(26(28)29-3)21-19-12-10-8-2/h24-25H,7-22H2,1-6H3/t24?,25-/m1/s1. The van der Waals surface area contributed by atoms with Crippen LogP contribution in [-0.4, -0.2) is 33.3 Å². The third-order valence-electron chi connectivity index (χ3n) is 5.81. The van der Waals surface area contributed by atoms with Gasteiger partial charge in [0.1, 0.15) is 5.78 Å². The minimum Gasteiger partial charge on any atom is -0.469 e. The number of carbonyl (C=O) groups excluding carboxylic acids is 2. The Hall–Kier alpha value is -0.683. The number of rotatable bonds is 21. The Bertz CT molecular complexity index is 459. The number of ketones is 1. The van der Waals surface area contributed by atoms with Crippen LogP contribution >= 0.6 is 0 Å². The highest BCUT2D eigenvalue weighted by atomic mass is 28.4. The summed E-state index contributed by atoms with van der Waals surface area (Å²) in [7, 11) is -0.444. The van der Waals surface area contributed by atoms with Crippen LogP contribution in [0, 0.1) is 5.92 Å². The van der Waals surface area contributed by atoms with Gasteiger partial charge in [0.15, 0.2) is 8.32 Å². The highest BCUT2D eigenvalue weighted by Gasteiger charge is 2.34. The Labute approximate surface area is 194 Å². The zero-order chi connectivity index (χ0) is 23.5. The monoisotopic (exact) mass is 456 g/mol. The van der Waals surface area contributed by atoms with Crippen LogP contribution in [0.4, 0.5) is 0 Å². The van der Waals surface area contributed by atoms with Crippen LogP contribution < -0.4 is 0 Å². The van der Waals surface area contributed by atoms with Gasteiger partial charge in [-0.25, -0.2) is 0 Å². The average molecular weight is 457 g/mol. The fourth-order valence-corrected chi connectivity index (χ4v) is 5.23. The number of carbonyl (C=O) groups is 2. The Morgan fingerprint density at radius 1 is 0.742 bits per heavy atom. The normalized spacial score (nSPS) is 13.7. The predicted molar refractivity (Wildman–Crippen MR) is 134 cm³/mol. The molecule has 0 spiro atoms. The Morgan fingerprint density at radius 2 is 1.23 bits per heavy atom. The maximum absolute atomic E-state index is 12.7. The lowest BCUT2D eigenvalue weighted by Gasteiger charge is -2.31. The van der Waals surface area contributed by atoms with Crippen molar-refractivity contribution in [2.75, 3.05) is 7.11 Å². The molecule has 5 heteroatoms. The van der Waals surface area contributed by atoms with Crippen molar-refractivity contribution in [3.63, 3.8) is 0 Å².